The average Bonchev–Trinajstić information content (AvgIpc) is 4.17. The van der Waals surface area contributed by atoms with Gasteiger partial charge in [-0.2, -0.15) is 8.42 Å². The normalized spacial score (nSPS) is 23.7. The minimum Gasteiger partial charge on any atom is -0.453 e. The van der Waals surface area contributed by atoms with Gasteiger partial charge in [0.05, 0.1) is 42.0 Å². The van der Waals surface area contributed by atoms with Gasteiger partial charge in [0.25, 0.3) is 10.0 Å². The molecule has 352 valence electrons. The summed E-state index contributed by atoms with van der Waals surface area (Å²) in [5.74, 6) is 1.21. The summed E-state index contributed by atoms with van der Waals surface area (Å²) in [5, 5.41) is 19.0. The number of rotatable bonds is 13. The number of benzene rings is 3. The fourth-order valence-electron chi connectivity index (χ4n) is 11.2. The molecule has 1 saturated carbocycles. The van der Waals surface area contributed by atoms with Gasteiger partial charge in [0.2, 0.25) is 18.2 Å². The monoisotopic (exact) mass is 922 g/mol. The second-order valence-electron chi connectivity index (χ2n) is 19.1. The maximum Gasteiger partial charge on any atom is 0.407 e. The molecule has 9 rings (SSSR count). The maximum absolute atomic E-state index is 14.1. The zero-order valence-corrected chi connectivity index (χ0v) is 39.4. The number of sulfonamides is 1. The van der Waals surface area contributed by atoms with Crippen LogP contribution < -0.4 is 16.0 Å². The second-order valence-corrected chi connectivity index (χ2v) is 20.6. The van der Waals surface area contributed by atoms with E-state index >= 15 is 0 Å². The molecule has 1 aromatic heterocycles. The van der Waals surface area contributed by atoms with Crippen LogP contribution >= 0.6 is 0 Å². The fraction of sp³-hybridized carbons (Fsp3) is 0.531. The molecule has 0 bridgehead atoms. The van der Waals surface area contributed by atoms with Crippen LogP contribution in [0.5, 0.6) is 0 Å². The Kier molecular flexibility index (Phi) is 12.7. The smallest absolute Gasteiger partial charge is 0.407 e. The lowest BCUT2D eigenvalue weighted by Crippen LogP contribution is -2.55. The molecule has 2 aliphatic carbocycles. The number of hydrogen-bond donors (Lipinski definition) is 5. The first-order valence-electron chi connectivity index (χ1n) is 23.6. The van der Waals surface area contributed by atoms with Gasteiger partial charge in [-0.25, -0.2) is 9.78 Å². The number of likely N-dealkylation sites (tertiary alicyclic amines) is 2. The number of aliphatic hydroxyl groups is 1. The predicted octanol–water partition coefficient (Wildman–Crippen LogP) is 6.81. The number of ether oxygens (including phenoxy) is 2. The van der Waals surface area contributed by atoms with Crippen molar-refractivity contribution in [3.8, 4) is 22.3 Å². The van der Waals surface area contributed by atoms with E-state index in [4.69, 9.17) is 14.5 Å². The highest BCUT2D eigenvalue weighted by Crippen LogP contribution is 2.54. The lowest BCUT2D eigenvalue weighted by molar-refractivity contribution is -0.145. The molecule has 3 amide bonds. The highest BCUT2D eigenvalue weighted by atomic mass is 32.2. The molecule has 3 aromatic carbocycles. The van der Waals surface area contributed by atoms with Gasteiger partial charge < -0.3 is 40.0 Å². The molecule has 0 radical (unpaired) electrons. The molecule has 4 aromatic rings. The number of aromatic nitrogens is 2. The Hall–Kier alpha value is -5.36. The molecule has 3 fully saturated rings. The molecule has 5 N–H and O–H groups in total. The number of methoxy groups -OCH3 is 2. The number of carbonyl (C=O) groups is 3. The van der Waals surface area contributed by atoms with Gasteiger partial charge in [0.1, 0.15) is 22.6 Å². The third-order valence-electron chi connectivity index (χ3n) is 14.8. The molecular weight excluding hydrogens is 861 g/mol. The van der Waals surface area contributed by atoms with Crippen molar-refractivity contribution in [2.45, 2.75) is 127 Å². The second kappa shape index (κ2) is 18.4. The minimum absolute atomic E-state index is 0.0736. The number of carbonyl (C=O) groups excluding carboxylic acids is 3. The lowest BCUT2D eigenvalue weighted by Gasteiger charge is -2.33. The SMILES string of the molecule is CCC(C)C(NC(=O)OC)C(=O)N1CCCC1C1=NS(=O)(=O)c2cc(-c3ccc(-c4ccc5nc(C6CCCN6C(=O)C(NC(O)OC)C(C)C)[nH]c5c4)c4c3CC3CCCC43)ccc2N1. The first kappa shape index (κ1) is 45.8. The fourth-order valence-corrected chi connectivity index (χ4v) is 12.4. The summed E-state index contributed by atoms with van der Waals surface area (Å²) in [6, 6.07) is 13.9. The van der Waals surface area contributed by atoms with E-state index in [0.717, 1.165) is 71.2 Å². The molecule has 17 heteroatoms. The number of aromatic amines is 1. The van der Waals surface area contributed by atoms with Crippen LogP contribution in [0.2, 0.25) is 0 Å². The summed E-state index contributed by atoms with van der Waals surface area (Å²) in [7, 11) is -1.51. The third-order valence-corrected chi connectivity index (χ3v) is 16.2. The maximum atomic E-state index is 14.1. The van der Waals surface area contributed by atoms with Crippen molar-refractivity contribution in [3.05, 3.63) is 65.5 Å². The van der Waals surface area contributed by atoms with Gasteiger partial charge in [-0.05, 0) is 126 Å². The van der Waals surface area contributed by atoms with Crippen LogP contribution in [0.4, 0.5) is 10.5 Å². The van der Waals surface area contributed by atoms with E-state index in [1.807, 2.05) is 44.7 Å². The van der Waals surface area contributed by atoms with Crippen molar-refractivity contribution in [1.29, 1.82) is 0 Å². The number of aliphatic hydroxyl groups excluding tert-OH is 1. The molecule has 8 unspecified atom stereocenters. The van der Waals surface area contributed by atoms with Gasteiger partial charge in [0, 0.05) is 20.2 Å². The number of imidazole rings is 1. The van der Waals surface area contributed by atoms with Gasteiger partial charge in [-0.3, -0.25) is 14.9 Å². The van der Waals surface area contributed by atoms with Crippen molar-refractivity contribution >= 4 is 50.5 Å². The van der Waals surface area contributed by atoms with Crippen LogP contribution in [0.3, 0.4) is 0 Å². The Morgan fingerprint density at radius 1 is 0.879 bits per heavy atom. The van der Waals surface area contributed by atoms with E-state index in [1.165, 1.54) is 31.8 Å². The number of nitrogens with zero attached hydrogens (tertiary/aromatic N) is 4. The van der Waals surface area contributed by atoms with E-state index < -0.39 is 40.7 Å². The summed E-state index contributed by atoms with van der Waals surface area (Å²) in [4.78, 5) is 52.2. The molecule has 66 heavy (non-hydrogen) atoms. The number of fused-ring (bicyclic) bond motifs is 5. The topological polar surface area (TPSA) is 208 Å². The third kappa shape index (κ3) is 8.36. The van der Waals surface area contributed by atoms with Crippen molar-refractivity contribution < 1.29 is 37.4 Å². The van der Waals surface area contributed by atoms with E-state index in [9.17, 15) is 27.9 Å². The number of alkyl carbamates (subject to hydrolysis) is 1. The largest absolute Gasteiger partial charge is 0.453 e. The Morgan fingerprint density at radius 3 is 2.30 bits per heavy atom. The molecule has 3 aliphatic heterocycles. The number of amidine groups is 1. The summed E-state index contributed by atoms with van der Waals surface area (Å²) < 4.78 is 42.3. The standard InChI is InChI=1S/C49H62N8O8S/c1-7-27(4)43(54-49(61)65-6)47(59)57-22-10-14-39(57)45-51-36-20-16-30(25-40(36)66(62,63)55-45)31-17-18-33(41-32-12-8-11-28(32)23-34(31)41)29-15-19-35-37(24-29)52-44(50-35)38-13-9-21-56(38)46(58)42(26(2)3)53-48(60)64-5/h15-20,24-28,32,38-39,42-43,48,53,60H,7-14,21-23H2,1-6H3,(H,50,52)(H,51,55)(H,54,61). The lowest BCUT2D eigenvalue weighted by atomic mass is 9.86. The van der Waals surface area contributed by atoms with Gasteiger partial charge in [0.15, 0.2) is 0 Å². The highest BCUT2D eigenvalue weighted by molar-refractivity contribution is 7.90. The van der Waals surface area contributed by atoms with Crippen molar-refractivity contribution in [2.24, 2.45) is 22.2 Å². The van der Waals surface area contributed by atoms with Crippen LogP contribution in [-0.2, 0) is 35.5 Å². The predicted molar refractivity (Wildman–Crippen MR) is 251 cm³/mol. The van der Waals surface area contributed by atoms with Crippen molar-refractivity contribution in [1.82, 2.24) is 30.4 Å². The first-order chi connectivity index (χ1) is 31.7. The zero-order valence-electron chi connectivity index (χ0n) is 38.6. The van der Waals surface area contributed by atoms with E-state index in [-0.39, 0.29) is 40.4 Å². The Labute approximate surface area is 386 Å². The molecular formula is C49H62N8O8S. The summed E-state index contributed by atoms with van der Waals surface area (Å²) in [5.41, 5.74) is 8.76. The van der Waals surface area contributed by atoms with E-state index in [0.29, 0.717) is 49.9 Å². The highest BCUT2D eigenvalue weighted by Gasteiger charge is 2.43. The number of hydrogen-bond acceptors (Lipinski definition) is 11. The molecule has 5 aliphatic rings. The number of H-pyrrole nitrogens is 1. The Balaban J connectivity index is 0.998. The molecule has 8 atom stereocenters. The van der Waals surface area contributed by atoms with Gasteiger partial charge in [-0.1, -0.05) is 64.8 Å². The van der Waals surface area contributed by atoms with Crippen molar-refractivity contribution in [3.63, 3.8) is 0 Å². The van der Waals surface area contributed by atoms with Gasteiger partial charge in [-0.15, -0.1) is 4.40 Å². The Bertz CT molecular complexity index is 2680. The van der Waals surface area contributed by atoms with Crippen LogP contribution in [0, 0.1) is 17.8 Å². The number of amides is 3. The van der Waals surface area contributed by atoms with Crippen LogP contribution in [-0.4, -0.2) is 109 Å². The molecule has 4 heterocycles. The van der Waals surface area contributed by atoms with Crippen LogP contribution in [0.25, 0.3) is 33.3 Å². The van der Waals surface area contributed by atoms with Crippen LogP contribution in [0.15, 0.2) is 57.8 Å². The van der Waals surface area contributed by atoms with E-state index in [1.54, 1.807) is 17.0 Å². The number of nitrogens with one attached hydrogen (secondary N) is 4. The molecule has 2 saturated heterocycles. The number of anilines is 1. The average molecular weight is 923 g/mol. The summed E-state index contributed by atoms with van der Waals surface area (Å²) >= 11 is 0. The zero-order chi connectivity index (χ0) is 46.6. The van der Waals surface area contributed by atoms with Crippen molar-refractivity contribution in [2.75, 3.05) is 32.6 Å². The molecule has 16 nitrogen and oxygen atoms in total. The summed E-state index contributed by atoms with van der Waals surface area (Å²) in [6.45, 7) is 8.73. The quantitative estimate of drug-likeness (QED) is 0.0881. The minimum atomic E-state index is -4.15. The molecule has 0 spiro atoms. The first-order valence-corrected chi connectivity index (χ1v) is 25.0. The van der Waals surface area contributed by atoms with Gasteiger partial charge >= 0.3 is 6.09 Å². The van der Waals surface area contributed by atoms with Crippen LogP contribution in [0.1, 0.15) is 108 Å². The van der Waals surface area contributed by atoms with E-state index in [2.05, 4.69) is 49.6 Å². The Morgan fingerprint density at radius 2 is 1.58 bits per heavy atom. The summed E-state index contributed by atoms with van der Waals surface area (Å²) in [6.07, 6.45) is 5.84.